The first kappa shape index (κ1) is 18.4. The van der Waals surface area contributed by atoms with Crippen molar-refractivity contribution in [2.45, 2.75) is 26.2 Å². The Bertz CT molecular complexity index is 920. The number of rotatable bonds is 6. The van der Waals surface area contributed by atoms with Crippen LogP contribution in [0.1, 0.15) is 28.4 Å². The van der Waals surface area contributed by atoms with Crippen LogP contribution in [-0.2, 0) is 11.2 Å². The van der Waals surface area contributed by atoms with Crippen LogP contribution in [0.15, 0.2) is 36.4 Å². The maximum absolute atomic E-state index is 12.9. The molecule has 3 N–H and O–H groups in total. The van der Waals surface area contributed by atoms with Crippen LogP contribution in [0, 0.1) is 13.8 Å². The third-order valence-corrected chi connectivity index (χ3v) is 4.16. The normalized spacial score (nSPS) is 11.8. The minimum Gasteiger partial charge on any atom is -0.504 e. The van der Waals surface area contributed by atoms with Crippen LogP contribution in [-0.4, -0.2) is 38.7 Å². The Morgan fingerprint density at radius 3 is 2.59 bits per heavy atom. The number of hydrogen-bond donors (Lipinski definition) is 3. The van der Waals surface area contributed by atoms with Crippen LogP contribution in [0.5, 0.6) is 11.5 Å². The number of aryl methyl sites for hydroxylation is 2. The van der Waals surface area contributed by atoms with Gasteiger partial charge in [-0.25, -0.2) is 0 Å². The van der Waals surface area contributed by atoms with Gasteiger partial charge in [-0.05, 0) is 61.2 Å². The lowest BCUT2D eigenvalue weighted by molar-refractivity contribution is -0.117. The van der Waals surface area contributed by atoms with Crippen LogP contribution in [0.3, 0.4) is 0 Å². The molecule has 0 aliphatic heterocycles. The predicted octanol–water partition coefficient (Wildman–Crippen LogP) is 2.50. The minimum absolute atomic E-state index is 0.0389. The summed E-state index contributed by atoms with van der Waals surface area (Å²) >= 11 is 0. The lowest BCUT2D eigenvalue weighted by atomic mass is 9.97. The van der Waals surface area contributed by atoms with E-state index in [1.807, 2.05) is 32.0 Å². The van der Waals surface area contributed by atoms with Crippen molar-refractivity contribution in [3.05, 3.63) is 58.9 Å². The SMILES string of the molecule is COc1cc(C[C@H](C(=O)Nc2cc(C)cc(C)c2)c2nn[nH]n2)ccc1O. The number of anilines is 1. The number of phenolic OH excluding ortho intramolecular Hbond substituents is 1. The molecule has 8 heteroatoms. The number of ether oxygens (including phenoxy) is 1. The predicted molar refractivity (Wildman–Crippen MR) is 99.8 cm³/mol. The lowest BCUT2D eigenvalue weighted by Crippen LogP contribution is -2.24. The Balaban J connectivity index is 1.86. The van der Waals surface area contributed by atoms with Crippen LogP contribution in [0.2, 0.25) is 0 Å². The summed E-state index contributed by atoms with van der Waals surface area (Å²) < 4.78 is 5.14. The summed E-state index contributed by atoms with van der Waals surface area (Å²) in [5, 5.41) is 26.6. The molecule has 0 saturated carbocycles. The fraction of sp³-hybridized carbons (Fsp3) is 0.263. The second-order valence-electron chi connectivity index (χ2n) is 6.40. The van der Waals surface area contributed by atoms with E-state index < -0.39 is 5.92 Å². The number of hydrogen-bond acceptors (Lipinski definition) is 6. The maximum Gasteiger partial charge on any atom is 0.235 e. The molecule has 2 aromatic carbocycles. The fourth-order valence-electron chi connectivity index (χ4n) is 2.98. The van der Waals surface area contributed by atoms with Crippen molar-refractivity contribution in [2.75, 3.05) is 12.4 Å². The topological polar surface area (TPSA) is 113 Å². The van der Waals surface area contributed by atoms with Crippen LogP contribution in [0.4, 0.5) is 5.69 Å². The summed E-state index contributed by atoms with van der Waals surface area (Å²) in [6, 6.07) is 10.8. The molecule has 0 fully saturated rings. The van der Waals surface area contributed by atoms with Crippen molar-refractivity contribution < 1.29 is 14.6 Å². The summed E-state index contributed by atoms with van der Waals surface area (Å²) in [5.74, 6) is -0.220. The minimum atomic E-state index is -0.654. The quantitative estimate of drug-likeness (QED) is 0.617. The number of carbonyl (C=O) groups excluding carboxylic acids is 1. The molecule has 1 amide bonds. The first-order valence-electron chi connectivity index (χ1n) is 8.44. The number of tetrazole rings is 1. The molecular formula is C19H21N5O3. The van der Waals surface area contributed by atoms with Crippen molar-refractivity contribution in [2.24, 2.45) is 0 Å². The molecule has 140 valence electrons. The summed E-state index contributed by atoms with van der Waals surface area (Å²) in [4.78, 5) is 12.9. The molecule has 8 nitrogen and oxygen atoms in total. The lowest BCUT2D eigenvalue weighted by Gasteiger charge is -2.15. The van der Waals surface area contributed by atoms with E-state index in [-0.39, 0.29) is 11.7 Å². The number of phenols is 1. The van der Waals surface area contributed by atoms with E-state index in [9.17, 15) is 9.90 Å². The number of amides is 1. The summed E-state index contributed by atoms with van der Waals surface area (Å²) in [6.07, 6.45) is 0.326. The van der Waals surface area contributed by atoms with Gasteiger partial charge in [-0.3, -0.25) is 4.79 Å². The van der Waals surface area contributed by atoms with E-state index in [0.29, 0.717) is 23.7 Å². The molecule has 1 heterocycles. The van der Waals surface area contributed by atoms with Crippen LogP contribution in [0.25, 0.3) is 0 Å². The van der Waals surface area contributed by atoms with Gasteiger partial charge in [0.25, 0.3) is 0 Å². The van der Waals surface area contributed by atoms with Crippen molar-refractivity contribution in [1.29, 1.82) is 0 Å². The Morgan fingerprint density at radius 1 is 1.22 bits per heavy atom. The molecule has 0 saturated heterocycles. The number of methoxy groups -OCH3 is 1. The van der Waals surface area contributed by atoms with E-state index in [4.69, 9.17) is 4.74 Å². The van der Waals surface area contributed by atoms with E-state index >= 15 is 0 Å². The molecule has 3 aromatic rings. The highest BCUT2D eigenvalue weighted by molar-refractivity contribution is 5.95. The van der Waals surface area contributed by atoms with Crippen molar-refractivity contribution in [3.63, 3.8) is 0 Å². The van der Waals surface area contributed by atoms with Crippen molar-refractivity contribution in [3.8, 4) is 11.5 Å². The molecule has 0 spiro atoms. The van der Waals surface area contributed by atoms with Gasteiger partial charge >= 0.3 is 0 Å². The largest absolute Gasteiger partial charge is 0.504 e. The molecule has 1 atom stereocenters. The summed E-state index contributed by atoms with van der Waals surface area (Å²) in [7, 11) is 1.47. The first-order valence-corrected chi connectivity index (χ1v) is 8.44. The second kappa shape index (κ2) is 7.86. The zero-order chi connectivity index (χ0) is 19.4. The van der Waals surface area contributed by atoms with Crippen LogP contribution < -0.4 is 10.1 Å². The first-order chi connectivity index (χ1) is 13.0. The van der Waals surface area contributed by atoms with Gasteiger partial charge in [0.2, 0.25) is 5.91 Å². The second-order valence-corrected chi connectivity index (χ2v) is 6.40. The molecule has 0 unspecified atom stereocenters. The third kappa shape index (κ3) is 4.41. The molecule has 3 rings (SSSR count). The highest BCUT2D eigenvalue weighted by atomic mass is 16.5. The van der Waals surface area contributed by atoms with E-state index in [0.717, 1.165) is 16.7 Å². The third-order valence-electron chi connectivity index (χ3n) is 4.16. The zero-order valence-corrected chi connectivity index (χ0v) is 15.4. The molecule has 0 radical (unpaired) electrons. The standard InChI is InChI=1S/C19H21N5O3/c1-11-6-12(2)8-14(7-11)20-19(26)15(18-21-23-24-22-18)9-13-4-5-16(25)17(10-13)27-3/h4-8,10,15,25H,9H2,1-3H3,(H,20,26)(H,21,22,23,24)/t15-/m0/s1. The van der Waals surface area contributed by atoms with Crippen LogP contribution >= 0.6 is 0 Å². The average Bonchev–Trinajstić information content (AvgIpc) is 3.14. The van der Waals surface area contributed by atoms with E-state index in [1.54, 1.807) is 12.1 Å². The number of nitrogens with zero attached hydrogens (tertiary/aromatic N) is 3. The van der Waals surface area contributed by atoms with E-state index in [2.05, 4.69) is 25.9 Å². The smallest absolute Gasteiger partial charge is 0.235 e. The van der Waals surface area contributed by atoms with Crippen molar-refractivity contribution >= 4 is 11.6 Å². The Hall–Kier alpha value is -3.42. The van der Waals surface area contributed by atoms with Gasteiger partial charge in [0.15, 0.2) is 17.3 Å². The Labute approximate surface area is 156 Å². The zero-order valence-electron chi connectivity index (χ0n) is 15.4. The molecule has 0 bridgehead atoms. The summed E-state index contributed by atoms with van der Waals surface area (Å²) in [6.45, 7) is 3.95. The van der Waals surface area contributed by atoms with Gasteiger partial charge in [0.05, 0.1) is 7.11 Å². The maximum atomic E-state index is 12.9. The number of aromatic amines is 1. The number of H-pyrrole nitrogens is 1. The highest BCUT2D eigenvalue weighted by Crippen LogP contribution is 2.29. The average molecular weight is 367 g/mol. The van der Waals surface area contributed by atoms with Gasteiger partial charge in [-0.2, -0.15) is 5.21 Å². The van der Waals surface area contributed by atoms with Gasteiger partial charge in [-0.1, -0.05) is 17.3 Å². The van der Waals surface area contributed by atoms with E-state index in [1.165, 1.54) is 13.2 Å². The number of aromatic nitrogens is 4. The fourth-order valence-corrected chi connectivity index (χ4v) is 2.98. The van der Waals surface area contributed by atoms with Gasteiger partial charge < -0.3 is 15.2 Å². The number of aromatic hydroxyl groups is 1. The summed E-state index contributed by atoms with van der Waals surface area (Å²) in [5.41, 5.74) is 3.64. The monoisotopic (exact) mass is 367 g/mol. The number of benzene rings is 2. The Kier molecular flexibility index (Phi) is 5.35. The molecule has 0 aliphatic carbocycles. The Morgan fingerprint density at radius 2 is 1.96 bits per heavy atom. The molecule has 0 aliphatic rings. The van der Waals surface area contributed by atoms with Crippen molar-refractivity contribution in [1.82, 2.24) is 20.6 Å². The highest BCUT2D eigenvalue weighted by Gasteiger charge is 2.26. The number of nitrogens with one attached hydrogen (secondary N) is 2. The van der Waals surface area contributed by atoms with Gasteiger partial charge in [-0.15, -0.1) is 10.2 Å². The number of carbonyl (C=O) groups is 1. The molecular weight excluding hydrogens is 346 g/mol. The molecule has 27 heavy (non-hydrogen) atoms. The molecule has 1 aromatic heterocycles. The van der Waals surface area contributed by atoms with Gasteiger partial charge in [0, 0.05) is 5.69 Å². The van der Waals surface area contributed by atoms with Gasteiger partial charge in [0.1, 0.15) is 5.92 Å².